The van der Waals surface area contributed by atoms with Gasteiger partial charge in [0.2, 0.25) is 0 Å². The van der Waals surface area contributed by atoms with Crippen molar-refractivity contribution in [2.75, 3.05) is 25.0 Å². The van der Waals surface area contributed by atoms with Gasteiger partial charge in [-0.1, -0.05) is 29.8 Å². The van der Waals surface area contributed by atoms with Crippen LogP contribution >= 0.6 is 15.9 Å². The molecule has 1 aliphatic rings. The molecule has 0 aliphatic carbocycles. The molecule has 1 heterocycles. The van der Waals surface area contributed by atoms with E-state index in [4.69, 9.17) is 0 Å². The maximum absolute atomic E-state index is 3.77. The van der Waals surface area contributed by atoms with Crippen molar-refractivity contribution in [1.29, 1.82) is 0 Å². The highest BCUT2D eigenvalue weighted by Gasteiger charge is 2.23. The molecule has 0 aromatic heterocycles. The van der Waals surface area contributed by atoms with E-state index < -0.39 is 0 Å². The highest BCUT2D eigenvalue weighted by Crippen LogP contribution is 2.27. The van der Waals surface area contributed by atoms with Crippen LogP contribution in [0.25, 0.3) is 0 Å². The number of rotatable bonds is 6. The van der Waals surface area contributed by atoms with Gasteiger partial charge in [0.25, 0.3) is 0 Å². The highest BCUT2D eigenvalue weighted by molar-refractivity contribution is 9.10. The molecule has 118 valence electrons. The molecule has 0 saturated carbocycles. The number of hydrogen-bond acceptors (Lipinski definition) is 2. The number of benzene rings is 1. The van der Waals surface area contributed by atoms with Gasteiger partial charge >= 0.3 is 0 Å². The van der Waals surface area contributed by atoms with Gasteiger partial charge in [-0.05, 0) is 81.9 Å². The zero-order valence-electron chi connectivity index (χ0n) is 13.7. The molecule has 1 aromatic carbocycles. The summed E-state index contributed by atoms with van der Waals surface area (Å²) in [4.78, 5) is 2.61. The van der Waals surface area contributed by atoms with Crippen LogP contribution in [0.2, 0.25) is 0 Å². The molecule has 1 atom stereocenters. The number of hydrogen-bond donors (Lipinski definition) is 1. The Morgan fingerprint density at radius 2 is 2.00 bits per heavy atom. The van der Waals surface area contributed by atoms with Crippen molar-refractivity contribution < 1.29 is 0 Å². The van der Waals surface area contributed by atoms with Gasteiger partial charge in [0, 0.05) is 16.2 Å². The van der Waals surface area contributed by atoms with Crippen LogP contribution in [0.1, 0.15) is 45.6 Å². The third-order valence-electron chi connectivity index (χ3n) is 4.71. The van der Waals surface area contributed by atoms with E-state index in [0.29, 0.717) is 6.04 Å². The predicted octanol–water partition coefficient (Wildman–Crippen LogP) is 4.93. The Labute approximate surface area is 138 Å². The lowest BCUT2D eigenvalue weighted by Gasteiger charge is -2.35. The van der Waals surface area contributed by atoms with Crippen LogP contribution in [-0.4, -0.2) is 30.6 Å². The number of likely N-dealkylation sites (tertiary alicyclic amines) is 1. The molecule has 2 nitrogen and oxygen atoms in total. The van der Waals surface area contributed by atoms with E-state index in [-0.39, 0.29) is 0 Å². The molecule has 1 fully saturated rings. The first-order chi connectivity index (χ1) is 10.1. The van der Waals surface area contributed by atoms with Crippen LogP contribution < -0.4 is 5.32 Å². The van der Waals surface area contributed by atoms with Gasteiger partial charge < -0.3 is 10.2 Å². The maximum atomic E-state index is 3.77. The van der Waals surface area contributed by atoms with E-state index in [2.05, 4.69) is 65.1 Å². The number of nitrogens with one attached hydrogen (secondary N) is 1. The van der Waals surface area contributed by atoms with E-state index in [0.717, 1.165) is 12.3 Å². The van der Waals surface area contributed by atoms with Crippen molar-refractivity contribution >= 4 is 21.6 Å². The molecule has 1 unspecified atom stereocenters. The Bertz CT molecular complexity index is 439. The lowest BCUT2D eigenvalue weighted by Crippen LogP contribution is -2.39. The van der Waals surface area contributed by atoms with Gasteiger partial charge in [-0.25, -0.2) is 0 Å². The molecular weight excluding hydrogens is 324 g/mol. The first kappa shape index (κ1) is 16.8. The summed E-state index contributed by atoms with van der Waals surface area (Å²) >= 11 is 3.57. The van der Waals surface area contributed by atoms with Gasteiger partial charge in [0.15, 0.2) is 0 Å². The third-order valence-corrected chi connectivity index (χ3v) is 5.20. The quantitative estimate of drug-likeness (QED) is 0.780. The fourth-order valence-electron chi connectivity index (χ4n) is 3.35. The summed E-state index contributed by atoms with van der Waals surface area (Å²) in [6.07, 6.45) is 5.00. The summed E-state index contributed by atoms with van der Waals surface area (Å²) in [6.45, 7) is 10.6. The minimum Gasteiger partial charge on any atom is -0.382 e. The first-order valence-electron chi connectivity index (χ1n) is 8.41. The summed E-state index contributed by atoms with van der Waals surface area (Å²) in [5, 5.41) is 3.77. The topological polar surface area (TPSA) is 15.3 Å². The van der Waals surface area contributed by atoms with E-state index in [1.54, 1.807) is 0 Å². The van der Waals surface area contributed by atoms with Crippen LogP contribution in [0.4, 0.5) is 5.69 Å². The molecule has 0 spiro atoms. The Hall–Kier alpha value is -0.540. The smallest absolute Gasteiger partial charge is 0.0375 e. The van der Waals surface area contributed by atoms with Crippen LogP contribution in [0, 0.1) is 5.92 Å². The summed E-state index contributed by atoms with van der Waals surface area (Å²) in [5.41, 5.74) is 2.71. The summed E-state index contributed by atoms with van der Waals surface area (Å²) in [7, 11) is 0. The van der Waals surface area contributed by atoms with Crippen molar-refractivity contribution in [3.05, 3.63) is 28.2 Å². The van der Waals surface area contributed by atoms with Crippen molar-refractivity contribution in [3.63, 3.8) is 0 Å². The molecule has 2 rings (SSSR count). The maximum Gasteiger partial charge on any atom is 0.0375 e. The first-order valence-corrected chi connectivity index (χ1v) is 9.20. The summed E-state index contributed by atoms with van der Waals surface area (Å²) in [5.74, 6) is 0.798. The van der Waals surface area contributed by atoms with E-state index >= 15 is 0 Å². The second-order valence-electron chi connectivity index (χ2n) is 6.27. The second-order valence-corrected chi connectivity index (χ2v) is 7.18. The lowest BCUT2D eigenvalue weighted by atomic mass is 9.90. The number of nitrogens with zero attached hydrogens (tertiary/aromatic N) is 1. The van der Waals surface area contributed by atoms with Crippen LogP contribution in [-0.2, 0) is 6.42 Å². The Balaban J connectivity index is 1.91. The molecule has 0 radical (unpaired) electrons. The molecular formula is C18H29BrN2. The Morgan fingerprint density at radius 1 is 1.29 bits per heavy atom. The number of halogens is 1. The lowest BCUT2D eigenvalue weighted by molar-refractivity contribution is 0.176. The number of piperidine rings is 1. The molecule has 3 heteroatoms. The molecule has 0 amide bonds. The monoisotopic (exact) mass is 352 g/mol. The van der Waals surface area contributed by atoms with Gasteiger partial charge in [-0.3, -0.25) is 0 Å². The van der Waals surface area contributed by atoms with E-state index in [9.17, 15) is 0 Å². The van der Waals surface area contributed by atoms with E-state index in [1.165, 1.54) is 54.6 Å². The fourth-order valence-corrected chi connectivity index (χ4v) is 3.76. The Kier molecular flexibility index (Phi) is 6.56. The van der Waals surface area contributed by atoms with Crippen molar-refractivity contribution in [2.24, 2.45) is 5.92 Å². The van der Waals surface area contributed by atoms with Crippen molar-refractivity contribution in [3.8, 4) is 0 Å². The van der Waals surface area contributed by atoms with E-state index in [1.807, 2.05) is 0 Å². The average molecular weight is 353 g/mol. The molecule has 21 heavy (non-hydrogen) atoms. The molecule has 1 aliphatic heterocycles. The zero-order chi connectivity index (χ0) is 15.2. The number of aryl methyl sites for hydroxylation is 1. The van der Waals surface area contributed by atoms with Crippen LogP contribution in [0.15, 0.2) is 22.7 Å². The minimum atomic E-state index is 0.556. The number of anilines is 1. The fraction of sp³-hybridized carbons (Fsp3) is 0.667. The summed E-state index contributed by atoms with van der Waals surface area (Å²) < 4.78 is 1.17. The molecule has 1 aromatic rings. The van der Waals surface area contributed by atoms with Crippen molar-refractivity contribution in [1.82, 2.24) is 4.90 Å². The normalized spacial score (nSPS) is 18.7. The highest BCUT2D eigenvalue weighted by atomic mass is 79.9. The van der Waals surface area contributed by atoms with Crippen LogP contribution in [0.5, 0.6) is 0 Å². The van der Waals surface area contributed by atoms with Gasteiger partial charge in [0.1, 0.15) is 0 Å². The molecule has 0 bridgehead atoms. The zero-order valence-corrected chi connectivity index (χ0v) is 15.2. The Morgan fingerprint density at radius 3 is 2.62 bits per heavy atom. The van der Waals surface area contributed by atoms with Gasteiger partial charge in [-0.15, -0.1) is 0 Å². The molecule has 1 saturated heterocycles. The van der Waals surface area contributed by atoms with Gasteiger partial charge in [-0.2, -0.15) is 0 Å². The third kappa shape index (κ3) is 4.72. The second kappa shape index (κ2) is 8.19. The average Bonchev–Trinajstić information content (AvgIpc) is 2.50. The summed E-state index contributed by atoms with van der Waals surface area (Å²) in [6, 6.07) is 7.14. The standard InChI is InChI=1S/C18H29BrN2/c1-4-10-21-11-8-16(9-12-21)14(3)20-18-7-6-17(19)13-15(18)5-2/h6-7,13-14,16,20H,4-5,8-12H2,1-3H3. The molecule has 1 N–H and O–H groups in total. The van der Waals surface area contributed by atoms with Gasteiger partial charge in [0.05, 0.1) is 0 Å². The minimum absolute atomic E-state index is 0.556. The van der Waals surface area contributed by atoms with Crippen LogP contribution in [0.3, 0.4) is 0 Å². The van der Waals surface area contributed by atoms with Crippen molar-refractivity contribution in [2.45, 2.75) is 52.5 Å². The predicted molar refractivity (Wildman–Crippen MR) is 96.1 cm³/mol. The largest absolute Gasteiger partial charge is 0.382 e. The SMILES string of the molecule is CCCN1CCC(C(C)Nc2ccc(Br)cc2CC)CC1.